The van der Waals surface area contributed by atoms with Crippen LogP contribution in [-0.4, -0.2) is 18.1 Å². The van der Waals surface area contributed by atoms with Crippen molar-refractivity contribution in [3.63, 3.8) is 0 Å². The van der Waals surface area contributed by atoms with Crippen LogP contribution >= 0.6 is 11.3 Å². The van der Waals surface area contributed by atoms with E-state index in [0.717, 1.165) is 31.6 Å². The quantitative estimate of drug-likeness (QED) is 0.799. The van der Waals surface area contributed by atoms with Crippen LogP contribution in [0.5, 0.6) is 0 Å². The van der Waals surface area contributed by atoms with Crippen LogP contribution in [-0.2, 0) is 12.8 Å². The normalized spacial score (nSPS) is 12.8. The number of hydrogen-bond acceptors (Lipinski definition) is 3. The summed E-state index contributed by atoms with van der Waals surface area (Å²) in [5.41, 5.74) is 4.22. The van der Waals surface area contributed by atoms with E-state index >= 15 is 0 Å². The first-order valence-electron chi connectivity index (χ1n) is 7.45. The summed E-state index contributed by atoms with van der Waals surface area (Å²) in [5.74, 6) is 0.958. The van der Waals surface area contributed by atoms with Gasteiger partial charge in [0.05, 0.1) is 11.2 Å². The summed E-state index contributed by atoms with van der Waals surface area (Å²) in [6, 6.07) is 6.84. The monoisotopic (exact) mass is 306 g/mol. The number of aromatic nitrogens is 1. The van der Waals surface area contributed by atoms with Gasteiger partial charge in [0, 0.05) is 5.38 Å². The highest BCUT2D eigenvalue weighted by Gasteiger charge is 2.12. The van der Waals surface area contributed by atoms with Crippen LogP contribution in [0.4, 0.5) is 4.39 Å². The number of rotatable bonds is 8. The van der Waals surface area contributed by atoms with Gasteiger partial charge in [0.25, 0.3) is 0 Å². The Bertz CT molecular complexity index is 508. The Kier molecular flexibility index (Phi) is 6.33. The average molecular weight is 306 g/mol. The topological polar surface area (TPSA) is 24.9 Å². The summed E-state index contributed by atoms with van der Waals surface area (Å²) in [4.78, 5) is 4.39. The lowest BCUT2D eigenvalue weighted by Gasteiger charge is -2.18. The molecule has 2 nitrogen and oxygen atoms in total. The summed E-state index contributed by atoms with van der Waals surface area (Å²) in [5, 5.41) is 5.64. The molecule has 0 fully saturated rings. The zero-order valence-electron chi connectivity index (χ0n) is 12.7. The fourth-order valence-electron chi connectivity index (χ4n) is 2.38. The lowest BCUT2D eigenvalue weighted by Crippen LogP contribution is -2.28. The van der Waals surface area contributed by atoms with Gasteiger partial charge in [0.1, 0.15) is 5.82 Å². The summed E-state index contributed by atoms with van der Waals surface area (Å²) in [7, 11) is 0. The molecule has 21 heavy (non-hydrogen) atoms. The lowest BCUT2D eigenvalue weighted by atomic mass is 9.94. The van der Waals surface area contributed by atoms with E-state index in [2.05, 4.69) is 29.5 Å². The number of thiazole rings is 1. The second kappa shape index (κ2) is 8.25. The Hall–Kier alpha value is -1.26. The predicted octanol–water partition coefficient (Wildman–Crippen LogP) is 3.93. The average Bonchev–Trinajstić information content (AvgIpc) is 2.94. The molecule has 0 aliphatic carbocycles. The molecule has 1 N–H and O–H groups in total. The maximum Gasteiger partial charge on any atom is 0.123 e. The Morgan fingerprint density at radius 3 is 2.52 bits per heavy atom. The molecule has 0 amide bonds. The van der Waals surface area contributed by atoms with Crippen LogP contribution in [0.2, 0.25) is 0 Å². The van der Waals surface area contributed by atoms with E-state index in [4.69, 9.17) is 0 Å². The first kappa shape index (κ1) is 16.1. The molecular weight excluding hydrogens is 283 g/mol. The molecule has 1 atom stereocenters. The highest BCUT2D eigenvalue weighted by molar-refractivity contribution is 7.07. The highest BCUT2D eigenvalue weighted by atomic mass is 32.1. The lowest BCUT2D eigenvalue weighted by molar-refractivity contribution is 0.442. The molecule has 1 aromatic heterocycles. The summed E-state index contributed by atoms with van der Waals surface area (Å²) < 4.78 is 13.0. The molecule has 2 aromatic rings. The van der Waals surface area contributed by atoms with E-state index < -0.39 is 0 Å². The van der Waals surface area contributed by atoms with Crippen LogP contribution in [0.15, 0.2) is 35.2 Å². The molecule has 0 radical (unpaired) electrons. The summed E-state index contributed by atoms with van der Waals surface area (Å²) in [6.07, 6.45) is 1.91. The molecule has 2 rings (SSSR count). The maximum atomic E-state index is 13.0. The number of nitrogens with zero attached hydrogens (tertiary/aromatic N) is 1. The van der Waals surface area contributed by atoms with Gasteiger partial charge in [-0.15, -0.1) is 11.3 Å². The minimum atomic E-state index is -0.173. The van der Waals surface area contributed by atoms with Crippen molar-refractivity contribution in [1.29, 1.82) is 0 Å². The molecule has 0 aliphatic heterocycles. The summed E-state index contributed by atoms with van der Waals surface area (Å²) in [6.45, 7) is 6.41. The molecular formula is C17H23FN2S. The van der Waals surface area contributed by atoms with Gasteiger partial charge in [-0.05, 0) is 55.5 Å². The van der Waals surface area contributed by atoms with Crippen molar-refractivity contribution in [3.05, 3.63) is 52.2 Å². The fraction of sp³-hybridized carbons (Fsp3) is 0.471. The molecule has 114 valence electrons. The number of nitrogens with one attached hydrogen (secondary N) is 1. The molecule has 4 heteroatoms. The second-order valence-electron chi connectivity index (χ2n) is 5.93. The van der Waals surface area contributed by atoms with Crippen LogP contribution in [0.3, 0.4) is 0 Å². The minimum Gasteiger partial charge on any atom is -0.316 e. The summed E-state index contributed by atoms with van der Waals surface area (Å²) >= 11 is 1.64. The number of hydrogen-bond donors (Lipinski definition) is 1. The number of benzene rings is 1. The molecule has 1 heterocycles. The molecule has 0 saturated heterocycles. The third kappa shape index (κ3) is 5.94. The molecule has 1 unspecified atom stereocenters. The largest absolute Gasteiger partial charge is 0.316 e. The smallest absolute Gasteiger partial charge is 0.123 e. The molecule has 0 aliphatic rings. The standard InChI is InChI=1S/C17H23FN2S/c1-13(2)9-19-10-15(8-17-11-21-12-20-17)7-14-3-5-16(18)6-4-14/h3-6,11-13,15,19H,7-10H2,1-2H3. The fourth-order valence-corrected chi connectivity index (χ4v) is 2.95. The zero-order chi connectivity index (χ0) is 15.1. The van der Waals surface area contributed by atoms with Crippen molar-refractivity contribution in [3.8, 4) is 0 Å². The van der Waals surface area contributed by atoms with E-state index in [1.165, 1.54) is 17.7 Å². The van der Waals surface area contributed by atoms with Gasteiger partial charge in [-0.3, -0.25) is 0 Å². The Balaban J connectivity index is 1.95. The second-order valence-corrected chi connectivity index (χ2v) is 6.65. The molecule has 0 spiro atoms. The minimum absolute atomic E-state index is 0.173. The Morgan fingerprint density at radius 2 is 1.90 bits per heavy atom. The van der Waals surface area contributed by atoms with Crippen LogP contribution in [0.1, 0.15) is 25.1 Å². The van der Waals surface area contributed by atoms with E-state index in [0.29, 0.717) is 11.8 Å². The Morgan fingerprint density at radius 1 is 1.14 bits per heavy atom. The maximum absolute atomic E-state index is 13.0. The van der Waals surface area contributed by atoms with Gasteiger partial charge in [0.15, 0.2) is 0 Å². The molecule has 0 saturated carbocycles. The van der Waals surface area contributed by atoms with Gasteiger partial charge in [-0.1, -0.05) is 26.0 Å². The van der Waals surface area contributed by atoms with Crippen molar-refractivity contribution in [2.75, 3.05) is 13.1 Å². The highest BCUT2D eigenvalue weighted by Crippen LogP contribution is 2.15. The first-order chi connectivity index (χ1) is 10.1. The van der Waals surface area contributed by atoms with Crippen molar-refractivity contribution in [2.24, 2.45) is 11.8 Å². The Labute approximate surface area is 130 Å². The third-order valence-corrected chi connectivity index (χ3v) is 4.04. The first-order valence-corrected chi connectivity index (χ1v) is 8.40. The van der Waals surface area contributed by atoms with Gasteiger partial charge < -0.3 is 5.32 Å². The van der Waals surface area contributed by atoms with E-state index in [-0.39, 0.29) is 5.82 Å². The van der Waals surface area contributed by atoms with Crippen LogP contribution in [0, 0.1) is 17.7 Å². The SMILES string of the molecule is CC(C)CNCC(Cc1ccc(F)cc1)Cc1cscn1. The van der Waals surface area contributed by atoms with Gasteiger partial charge in [-0.25, -0.2) is 9.37 Å². The van der Waals surface area contributed by atoms with E-state index in [9.17, 15) is 4.39 Å². The van der Waals surface area contributed by atoms with E-state index in [1.54, 1.807) is 11.3 Å². The van der Waals surface area contributed by atoms with Crippen molar-refractivity contribution in [2.45, 2.75) is 26.7 Å². The third-order valence-electron chi connectivity index (χ3n) is 3.40. The number of halogens is 1. The predicted molar refractivity (Wildman–Crippen MR) is 87.1 cm³/mol. The van der Waals surface area contributed by atoms with Crippen LogP contribution in [0.25, 0.3) is 0 Å². The van der Waals surface area contributed by atoms with E-state index in [1.807, 2.05) is 17.6 Å². The van der Waals surface area contributed by atoms with Crippen LogP contribution < -0.4 is 5.32 Å². The van der Waals surface area contributed by atoms with Gasteiger partial charge in [-0.2, -0.15) is 0 Å². The molecule has 1 aromatic carbocycles. The van der Waals surface area contributed by atoms with Crippen molar-refractivity contribution < 1.29 is 4.39 Å². The van der Waals surface area contributed by atoms with Crippen molar-refractivity contribution >= 4 is 11.3 Å². The zero-order valence-corrected chi connectivity index (χ0v) is 13.5. The molecule has 0 bridgehead atoms. The van der Waals surface area contributed by atoms with Gasteiger partial charge >= 0.3 is 0 Å². The van der Waals surface area contributed by atoms with Crippen molar-refractivity contribution in [1.82, 2.24) is 10.3 Å². The van der Waals surface area contributed by atoms with Gasteiger partial charge in [0.2, 0.25) is 0 Å².